The molecular weight excluding hydrogens is 214 g/mol. The SMILES string of the molecule is COCCC(C)(C)CN=C(N)NCCC(C)C. The molecule has 3 N–H and O–H groups in total. The lowest BCUT2D eigenvalue weighted by atomic mass is 9.90. The molecule has 0 aromatic carbocycles. The fraction of sp³-hybridized carbons (Fsp3) is 0.923. The summed E-state index contributed by atoms with van der Waals surface area (Å²) in [4.78, 5) is 4.37. The number of methoxy groups -OCH3 is 1. The summed E-state index contributed by atoms with van der Waals surface area (Å²) in [5.41, 5.74) is 5.94. The van der Waals surface area contributed by atoms with Gasteiger partial charge in [0.2, 0.25) is 0 Å². The van der Waals surface area contributed by atoms with Crippen molar-refractivity contribution in [3.8, 4) is 0 Å². The zero-order valence-electron chi connectivity index (χ0n) is 12.0. The lowest BCUT2D eigenvalue weighted by Gasteiger charge is -2.22. The van der Waals surface area contributed by atoms with Crippen LogP contribution in [0.5, 0.6) is 0 Å². The number of ether oxygens (including phenoxy) is 1. The van der Waals surface area contributed by atoms with Crippen molar-refractivity contribution in [3.63, 3.8) is 0 Å². The summed E-state index contributed by atoms with van der Waals surface area (Å²) in [6.45, 7) is 11.1. The molecule has 0 aromatic rings. The van der Waals surface area contributed by atoms with Crippen LogP contribution in [0.1, 0.15) is 40.5 Å². The first kappa shape index (κ1) is 16.2. The molecule has 0 aliphatic rings. The summed E-state index contributed by atoms with van der Waals surface area (Å²) < 4.78 is 5.08. The van der Waals surface area contributed by atoms with E-state index in [4.69, 9.17) is 10.5 Å². The zero-order chi connectivity index (χ0) is 13.3. The van der Waals surface area contributed by atoms with Gasteiger partial charge in [0.1, 0.15) is 0 Å². The first-order chi connectivity index (χ1) is 7.87. The van der Waals surface area contributed by atoms with Gasteiger partial charge in [-0.05, 0) is 24.2 Å². The number of hydrogen-bond acceptors (Lipinski definition) is 2. The molecule has 0 bridgehead atoms. The van der Waals surface area contributed by atoms with Crippen LogP contribution in [-0.2, 0) is 4.74 Å². The van der Waals surface area contributed by atoms with Crippen LogP contribution in [0.25, 0.3) is 0 Å². The maximum Gasteiger partial charge on any atom is 0.188 e. The van der Waals surface area contributed by atoms with E-state index >= 15 is 0 Å². The minimum Gasteiger partial charge on any atom is -0.385 e. The van der Waals surface area contributed by atoms with Gasteiger partial charge in [-0.15, -0.1) is 0 Å². The molecule has 0 aliphatic heterocycles. The van der Waals surface area contributed by atoms with E-state index in [0.717, 1.165) is 32.5 Å². The molecule has 0 spiro atoms. The highest BCUT2D eigenvalue weighted by Gasteiger charge is 2.16. The molecule has 0 heterocycles. The molecule has 0 rings (SSSR count). The second-order valence-corrected chi connectivity index (χ2v) is 5.72. The molecule has 0 saturated heterocycles. The molecule has 102 valence electrons. The van der Waals surface area contributed by atoms with Crippen LogP contribution < -0.4 is 11.1 Å². The van der Waals surface area contributed by atoms with Crippen LogP contribution in [0, 0.1) is 11.3 Å². The third kappa shape index (κ3) is 10.1. The molecule has 17 heavy (non-hydrogen) atoms. The van der Waals surface area contributed by atoms with E-state index < -0.39 is 0 Å². The third-order valence-electron chi connectivity index (χ3n) is 2.69. The molecule has 0 aliphatic carbocycles. The summed E-state index contributed by atoms with van der Waals surface area (Å²) in [6, 6.07) is 0. The number of hydrogen-bond donors (Lipinski definition) is 2. The van der Waals surface area contributed by atoms with Crippen LogP contribution in [0.2, 0.25) is 0 Å². The Morgan fingerprint density at radius 2 is 2.06 bits per heavy atom. The number of guanidine groups is 1. The van der Waals surface area contributed by atoms with Crippen LogP contribution in [0.15, 0.2) is 4.99 Å². The number of nitrogens with two attached hydrogens (primary N) is 1. The van der Waals surface area contributed by atoms with Crippen molar-refractivity contribution in [1.82, 2.24) is 5.32 Å². The first-order valence-electron chi connectivity index (χ1n) is 6.40. The topological polar surface area (TPSA) is 59.6 Å². The summed E-state index contributed by atoms with van der Waals surface area (Å²) >= 11 is 0. The number of nitrogens with one attached hydrogen (secondary N) is 1. The highest BCUT2D eigenvalue weighted by Crippen LogP contribution is 2.20. The van der Waals surface area contributed by atoms with E-state index in [2.05, 4.69) is 38.0 Å². The number of rotatable bonds is 8. The maximum absolute atomic E-state index is 5.80. The van der Waals surface area contributed by atoms with Crippen molar-refractivity contribution in [2.45, 2.75) is 40.5 Å². The Hall–Kier alpha value is -0.770. The van der Waals surface area contributed by atoms with Gasteiger partial charge in [-0.25, -0.2) is 0 Å². The van der Waals surface area contributed by atoms with Crippen molar-refractivity contribution >= 4 is 5.96 Å². The predicted octanol–water partition coefficient (Wildman–Crippen LogP) is 2.00. The summed E-state index contributed by atoms with van der Waals surface area (Å²) in [5, 5.41) is 3.14. The molecule has 0 amide bonds. The Labute approximate surface area is 106 Å². The third-order valence-corrected chi connectivity index (χ3v) is 2.69. The Balaban J connectivity index is 3.87. The van der Waals surface area contributed by atoms with Crippen molar-refractivity contribution in [1.29, 1.82) is 0 Å². The van der Waals surface area contributed by atoms with Gasteiger partial charge in [-0.3, -0.25) is 4.99 Å². The van der Waals surface area contributed by atoms with Gasteiger partial charge in [0.05, 0.1) is 0 Å². The Bertz CT molecular complexity index is 225. The van der Waals surface area contributed by atoms with Gasteiger partial charge in [-0.2, -0.15) is 0 Å². The molecule has 0 radical (unpaired) electrons. The van der Waals surface area contributed by atoms with Gasteiger partial charge in [0.15, 0.2) is 5.96 Å². The summed E-state index contributed by atoms with van der Waals surface area (Å²) in [7, 11) is 1.72. The summed E-state index contributed by atoms with van der Waals surface area (Å²) in [5.74, 6) is 1.24. The molecule has 0 saturated carbocycles. The average molecular weight is 243 g/mol. The Morgan fingerprint density at radius 1 is 1.41 bits per heavy atom. The van der Waals surface area contributed by atoms with Crippen molar-refractivity contribution in [2.75, 3.05) is 26.8 Å². The van der Waals surface area contributed by atoms with Crippen molar-refractivity contribution in [2.24, 2.45) is 22.1 Å². The van der Waals surface area contributed by atoms with E-state index in [1.807, 2.05) is 0 Å². The molecule has 4 nitrogen and oxygen atoms in total. The van der Waals surface area contributed by atoms with Crippen LogP contribution in [0.4, 0.5) is 0 Å². The molecule has 0 aromatic heterocycles. The normalized spacial score (nSPS) is 13.2. The molecule has 0 fully saturated rings. The van der Waals surface area contributed by atoms with Gasteiger partial charge in [-0.1, -0.05) is 27.7 Å². The second-order valence-electron chi connectivity index (χ2n) is 5.72. The van der Waals surface area contributed by atoms with E-state index in [-0.39, 0.29) is 5.41 Å². The second kappa shape index (κ2) is 8.34. The number of aliphatic imine (C=N–C) groups is 1. The number of nitrogens with zero attached hydrogens (tertiary/aromatic N) is 1. The van der Waals surface area contributed by atoms with E-state index in [0.29, 0.717) is 11.9 Å². The van der Waals surface area contributed by atoms with E-state index in [1.54, 1.807) is 7.11 Å². The molecule has 0 unspecified atom stereocenters. The maximum atomic E-state index is 5.80. The lowest BCUT2D eigenvalue weighted by molar-refractivity contribution is 0.155. The monoisotopic (exact) mass is 243 g/mol. The quantitative estimate of drug-likeness (QED) is 0.506. The van der Waals surface area contributed by atoms with Gasteiger partial charge in [0.25, 0.3) is 0 Å². The summed E-state index contributed by atoms with van der Waals surface area (Å²) in [6.07, 6.45) is 2.11. The first-order valence-corrected chi connectivity index (χ1v) is 6.40. The predicted molar refractivity (Wildman–Crippen MR) is 74.2 cm³/mol. The van der Waals surface area contributed by atoms with Gasteiger partial charge in [0, 0.05) is 26.8 Å². The zero-order valence-corrected chi connectivity index (χ0v) is 12.0. The highest BCUT2D eigenvalue weighted by molar-refractivity contribution is 5.77. The fourth-order valence-corrected chi connectivity index (χ4v) is 1.30. The van der Waals surface area contributed by atoms with Crippen LogP contribution >= 0.6 is 0 Å². The van der Waals surface area contributed by atoms with E-state index in [1.165, 1.54) is 0 Å². The van der Waals surface area contributed by atoms with Crippen LogP contribution in [-0.4, -0.2) is 32.8 Å². The fourth-order valence-electron chi connectivity index (χ4n) is 1.30. The highest BCUT2D eigenvalue weighted by atomic mass is 16.5. The molecule has 4 heteroatoms. The van der Waals surface area contributed by atoms with Crippen LogP contribution in [0.3, 0.4) is 0 Å². The minimum atomic E-state index is 0.139. The smallest absolute Gasteiger partial charge is 0.188 e. The molecule has 0 atom stereocenters. The Morgan fingerprint density at radius 3 is 2.59 bits per heavy atom. The molecular formula is C13H29N3O. The lowest BCUT2D eigenvalue weighted by Crippen LogP contribution is -2.34. The minimum absolute atomic E-state index is 0.139. The average Bonchev–Trinajstić information content (AvgIpc) is 2.23. The van der Waals surface area contributed by atoms with Gasteiger partial charge >= 0.3 is 0 Å². The Kier molecular flexibility index (Phi) is 7.96. The standard InChI is InChI=1S/C13H29N3O/c1-11(2)6-8-15-12(14)16-10-13(3,4)7-9-17-5/h11H,6-10H2,1-5H3,(H3,14,15,16). The van der Waals surface area contributed by atoms with Gasteiger partial charge < -0.3 is 15.8 Å². The largest absolute Gasteiger partial charge is 0.385 e. The van der Waals surface area contributed by atoms with Crippen molar-refractivity contribution < 1.29 is 4.74 Å². The van der Waals surface area contributed by atoms with E-state index in [9.17, 15) is 0 Å². The van der Waals surface area contributed by atoms with Crippen molar-refractivity contribution in [3.05, 3.63) is 0 Å².